The number of aryl methyl sites for hydroxylation is 2. The van der Waals surface area contributed by atoms with E-state index < -0.39 is 17.7 Å². The van der Waals surface area contributed by atoms with Gasteiger partial charge in [0.05, 0.1) is 18.2 Å². The minimum Gasteiger partial charge on any atom is -0.507 e. The van der Waals surface area contributed by atoms with Gasteiger partial charge in [-0.05, 0) is 73.1 Å². The second-order valence-corrected chi connectivity index (χ2v) is 9.11. The predicted octanol–water partition coefficient (Wildman–Crippen LogP) is 5.59. The summed E-state index contributed by atoms with van der Waals surface area (Å²) in [5.41, 5.74) is 4.90. The van der Waals surface area contributed by atoms with Crippen LogP contribution in [0.4, 0.5) is 0 Å². The third kappa shape index (κ3) is 4.46. The first-order chi connectivity index (χ1) is 17.1. The molecule has 0 spiro atoms. The molecule has 0 aromatic heterocycles. The van der Waals surface area contributed by atoms with E-state index in [0.29, 0.717) is 12.2 Å². The van der Waals surface area contributed by atoms with Crippen molar-refractivity contribution in [3.8, 4) is 5.75 Å². The molecule has 1 aliphatic carbocycles. The summed E-state index contributed by atoms with van der Waals surface area (Å²) in [5.74, 6) is -0.614. The van der Waals surface area contributed by atoms with E-state index in [2.05, 4.69) is 0 Å². The van der Waals surface area contributed by atoms with Crippen LogP contribution in [0.1, 0.15) is 53.6 Å². The molecule has 1 heterocycles. The number of benzene rings is 3. The first-order valence-corrected chi connectivity index (χ1v) is 12.2. The second kappa shape index (κ2) is 9.79. The van der Waals surface area contributed by atoms with Crippen molar-refractivity contribution in [2.75, 3.05) is 6.61 Å². The highest BCUT2D eigenvalue weighted by Gasteiger charge is 2.46. The monoisotopic (exact) mass is 467 g/mol. The van der Waals surface area contributed by atoms with Crippen molar-refractivity contribution in [2.45, 2.75) is 45.2 Å². The Morgan fingerprint density at radius 2 is 1.66 bits per heavy atom. The number of hydrogen-bond donors (Lipinski definition) is 1. The quantitative estimate of drug-likeness (QED) is 0.292. The molecule has 1 aliphatic heterocycles. The molecule has 1 N–H and O–H groups in total. The summed E-state index contributed by atoms with van der Waals surface area (Å²) in [6.45, 7) is 2.75. The molecule has 35 heavy (non-hydrogen) atoms. The Morgan fingerprint density at radius 3 is 2.37 bits per heavy atom. The van der Waals surface area contributed by atoms with Gasteiger partial charge in [-0.1, -0.05) is 54.6 Å². The fourth-order valence-corrected chi connectivity index (χ4v) is 5.12. The van der Waals surface area contributed by atoms with Crippen molar-refractivity contribution in [2.24, 2.45) is 0 Å². The third-order valence-electron chi connectivity index (χ3n) is 6.86. The number of fused-ring (bicyclic) bond motifs is 1. The van der Waals surface area contributed by atoms with Gasteiger partial charge in [0, 0.05) is 12.1 Å². The maximum atomic E-state index is 13.3. The Labute approximate surface area is 205 Å². The smallest absolute Gasteiger partial charge is 0.295 e. The molecule has 1 unspecified atom stereocenters. The van der Waals surface area contributed by atoms with Crippen molar-refractivity contribution < 1.29 is 19.4 Å². The Kier molecular flexibility index (Phi) is 6.41. The molecule has 5 nitrogen and oxygen atoms in total. The van der Waals surface area contributed by atoms with Crippen LogP contribution in [0.5, 0.6) is 5.75 Å². The van der Waals surface area contributed by atoms with E-state index in [1.54, 1.807) is 4.90 Å². The van der Waals surface area contributed by atoms with E-state index in [9.17, 15) is 14.7 Å². The molecule has 0 saturated carbocycles. The molecule has 5 rings (SSSR count). The molecular weight excluding hydrogens is 438 g/mol. The highest BCUT2D eigenvalue weighted by molar-refractivity contribution is 6.46. The van der Waals surface area contributed by atoms with E-state index in [1.165, 1.54) is 17.5 Å². The van der Waals surface area contributed by atoms with Gasteiger partial charge < -0.3 is 14.7 Å². The fraction of sp³-hybridized carbons (Fsp3) is 0.267. The lowest BCUT2D eigenvalue weighted by Gasteiger charge is -2.25. The molecule has 1 amide bonds. The molecule has 0 bridgehead atoms. The summed E-state index contributed by atoms with van der Waals surface area (Å²) in [5, 5.41) is 11.4. The van der Waals surface area contributed by atoms with Gasteiger partial charge in [0.1, 0.15) is 11.5 Å². The topological polar surface area (TPSA) is 66.8 Å². The Hall–Kier alpha value is -3.86. The van der Waals surface area contributed by atoms with Gasteiger partial charge in [-0.2, -0.15) is 0 Å². The van der Waals surface area contributed by atoms with Crippen LogP contribution in [0.2, 0.25) is 0 Å². The maximum Gasteiger partial charge on any atom is 0.295 e. The minimum atomic E-state index is -0.668. The van der Waals surface area contributed by atoms with Crippen molar-refractivity contribution in [3.63, 3.8) is 0 Å². The SMILES string of the molecule is CCOc1ccc(CN2C(=O)C(=O)/C(=C(\O)c3ccc4c(c3)CCCC4)C2c2ccccc2)cc1. The van der Waals surface area contributed by atoms with Crippen molar-refractivity contribution in [1.29, 1.82) is 0 Å². The van der Waals surface area contributed by atoms with Crippen LogP contribution in [-0.2, 0) is 29.0 Å². The van der Waals surface area contributed by atoms with Crippen molar-refractivity contribution in [3.05, 3.63) is 106 Å². The number of carbonyl (C=O) groups is 2. The summed E-state index contributed by atoms with van der Waals surface area (Å²) in [4.78, 5) is 28.1. The van der Waals surface area contributed by atoms with Gasteiger partial charge in [0.2, 0.25) is 0 Å². The Morgan fingerprint density at radius 1 is 0.943 bits per heavy atom. The zero-order valence-electron chi connectivity index (χ0n) is 19.9. The molecule has 2 aliphatic rings. The molecule has 1 saturated heterocycles. The molecule has 5 heteroatoms. The molecule has 1 fully saturated rings. The second-order valence-electron chi connectivity index (χ2n) is 9.11. The van der Waals surface area contributed by atoms with E-state index in [4.69, 9.17) is 4.74 Å². The average Bonchev–Trinajstić information content (AvgIpc) is 3.14. The average molecular weight is 468 g/mol. The number of amides is 1. The number of Topliss-reactive ketones (excluding diaryl/α,β-unsaturated/α-hetero) is 1. The normalized spacial score (nSPS) is 19.0. The number of nitrogens with zero attached hydrogens (tertiary/aromatic N) is 1. The standard InChI is InChI=1S/C30H29NO4/c1-2-35-25-16-12-20(13-17-25)19-31-27(22-9-4-3-5-10-22)26(29(33)30(31)34)28(32)24-15-14-21-8-6-7-11-23(21)18-24/h3-5,9-10,12-18,27,32H,2,6-8,11,19H2,1H3/b28-26-. The largest absolute Gasteiger partial charge is 0.507 e. The minimum absolute atomic E-state index is 0.111. The lowest BCUT2D eigenvalue weighted by Crippen LogP contribution is -2.29. The summed E-state index contributed by atoms with van der Waals surface area (Å²) >= 11 is 0. The van der Waals surface area contributed by atoms with Crippen LogP contribution in [0.15, 0.2) is 78.4 Å². The summed E-state index contributed by atoms with van der Waals surface area (Å²) in [6, 6.07) is 22.2. The summed E-state index contributed by atoms with van der Waals surface area (Å²) in [7, 11) is 0. The zero-order valence-corrected chi connectivity index (χ0v) is 19.9. The van der Waals surface area contributed by atoms with Gasteiger partial charge in [-0.15, -0.1) is 0 Å². The number of hydrogen-bond acceptors (Lipinski definition) is 4. The number of ether oxygens (including phenoxy) is 1. The molecule has 178 valence electrons. The summed E-state index contributed by atoms with van der Waals surface area (Å²) in [6.07, 6.45) is 4.29. The maximum absolute atomic E-state index is 13.3. The number of rotatable bonds is 6. The van der Waals surface area contributed by atoms with Crippen LogP contribution < -0.4 is 4.74 Å². The van der Waals surface area contributed by atoms with E-state index in [-0.39, 0.29) is 17.9 Å². The van der Waals surface area contributed by atoms with Crippen LogP contribution in [0, 0.1) is 0 Å². The Balaban J connectivity index is 1.56. The number of likely N-dealkylation sites (tertiary alicyclic amines) is 1. The number of aliphatic hydroxyl groups is 1. The number of carbonyl (C=O) groups excluding carboxylic acids is 2. The van der Waals surface area contributed by atoms with Gasteiger partial charge >= 0.3 is 0 Å². The lowest BCUT2D eigenvalue weighted by atomic mass is 9.88. The van der Waals surface area contributed by atoms with E-state index in [0.717, 1.165) is 36.1 Å². The molecule has 3 aromatic carbocycles. The molecule has 3 aromatic rings. The molecule has 1 atom stereocenters. The Bertz CT molecular complexity index is 1280. The van der Waals surface area contributed by atoms with E-state index in [1.807, 2.05) is 79.7 Å². The molecular formula is C30H29NO4. The zero-order chi connectivity index (χ0) is 24.4. The lowest BCUT2D eigenvalue weighted by molar-refractivity contribution is -0.140. The first kappa shape index (κ1) is 22.9. The number of ketones is 1. The highest BCUT2D eigenvalue weighted by Crippen LogP contribution is 2.40. The highest BCUT2D eigenvalue weighted by atomic mass is 16.5. The summed E-state index contributed by atoms with van der Waals surface area (Å²) < 4.78 is 5.52. The van der Waals surface area contributed by atoms with Crippen LogP contribution >= 0.6 is 0 Å². The van der Waals surface area contributed by atoms with Crippen LogP contribution in [-0.4, -0.2) is 28.3 Å². The van der Waals surface area contributed by atoms with Gasteiger partial charge in [-0.25, -0.2) is 0 Å². The molecule has 0 radical (unpaired) electrons. The van der Waals surface area contributed by atoms with Crippen LogP contribution in [0.3, 0.4) is 0 Å². The third-order valence-corrected chi connectivity index (χ3v) is 6.86. The first-order valence-electron chi connectivity index (χ1n) is 12.2. The van der Waals surface area contributed by atoms with Crippen molar-refractivity contribution >= 4 is 17.4 Å². The van der Waals surface area contributed by atoms with Gasteiger partial charge in [0.25, 0.3) is 11.7 Å². The predicted molar refractivity (Wildman–Crippen MR) is 135 cm³/mol. The fourth-order valence-electron chi connectivity index (χ4n) is 5.12. The number of aliphatic hydroxyl groups excluding tert-OH is 1. The van der Waals surface area contributed by atoms with Crippen LogP contribution in [0.25, 0.3) is 5.76 Å². The van der Waals surface area contributed by atoms with Gasteiger partial charge in [0.15, 0.2) is 0 Å². The van der Waals surface area contributed by atoms with Crippen molar-refractivity contribution in [1.82, 2.24) is 4.90 Å². The van der Waals surface area contributed by atoms with E-state index >= 15 is 0 Å². The van der Waals surface area contributed by atoms with Gasteiger partial charge in [-0.3, -0.25) is 9.59 Å².